The van der Waals surface area contributed by atoms with Gasteiger partial charge in [-0.25, -0.2) is 0 Å². The molecule has 0 aromatic heterocycles. The number of nitrogens with zero attached hydrogens (tertiary/aromatic N) is 1. The largest absolute Gasteiger partial charge is 0.507 e. The monoisotopic (exact) mass is 297 g/mol. The molecule has 1 atom stereocenters. The van der Waals surface area contributed by atoms with Gasteiger partial charge in [-0.15, -0.1) is 0 Å². The van der Waals surface area contributed by atoms with Crippen LogP contribution in [0, 0.1) is 5.92 Å². The van der Waals surface area contributed by atoms with E-state index in [4.69, 9.17) is 16.3 Å². The van der Waals surface area contributed by atoms with Gasteiger partial charge in [0.25, 0.3) is 5.91 Å². The van der Waals surface area contributed by atoms with Crippen LogP contribution < -0.4 is 0 Å². The van der Waals surface area contributed by atoms with Gasteiger partial charge in [0.2, 0.25) is 0 Å². The summed E-state index contributed by atoms with van der Waals surface area (Å²) >= 11 is 5.80. The molecule has 1 amide bonds. The highest BCUT2D eigenvalue weighted by molar-refractivity contribution is 6.30. The normalized spacial score (nSPS) is 15.9. The van der Waals surface area contributed by atoms with E-state index in [-0.39, 0.29) is 23.3 Å². The van der Waals surface area contributed by atoms with Crippen LogP contribution in [0.1, 0.15) is 30.1 Å². The maximum absolute atomic E-state index is 12.6. The van der Waals surface area contributed by atoms with Gasteiger partial charge in [-0.1, -0.05) is 11.6 Å². The van der Waals surface area contributed by atoms with E-state index >= 15 is 0 Å². The molecule has 1 aromatic carbocycles. The van der Waals surface area contributed by atoms with Crippen LogP contribution in [0.15, 0.2) is 18.2 Å². The number of aromatic hydroxyl groups is 1. The summed E-state index contributed by atoms with van der Waals surface area (Å²) in [5.41, 5.74) is 0.290. The summed E-state index contributed by atoms with van der Waals surface area (Å²) < 4.78 is 5.08. The van der Waals surface area contributed by atoms with E-state index in [1.54, 1.807) is 24.1 Å². The molecule has 5 heteroatoms. The van der Waals surface area contributed by atoms with E-state index in [1.165, 1.54) is 6.07 Å². The van der Waals surface area contributed by atoms with Gasteiger partial charge in [0.1, 0.15) is 5.75 Å². The fourth-order valence-electron chi connectivity index (χ4n) is 2.35. The van der Waals surface area contributed by atoms with Gasteiger partial charge in [-0.2, -0.15) is 0 Å². The first kappa shape index (κ1) is 15.1. The second-order valence-corrected chi connectivity index (χ2v) is 5.67. The van der Waals surface area contributed by atoms with Crippen molar-refractivity contribution in [3.63, 3.8) is 0 Å². The highest BCUT2D eigenvalue weighted by Gasteiger charge is 2.35. The standard InChI is InChI=1S/C15H20ClNO3/c1-10(11-3-4-11)17(7-8-20-2)15(19)13-6-5-12(16)9-14(13)18/h5-6,9-11,18H,3-4,7-8H2,1-2H3. The molecule has 1 aliphatic rings. The smallest absolute Gasteiger partial charge is 0.257 e. The van der Waals surface area contributed by atoms with Gasteiger partial charge in [-0.05, 0) is 43.9 Å². The molecule has 1 saturated carbocycles. The van der Waals surface area contributed by atoms with Crippen LogP contribution in [0.2, 0.25) is 5.02 Å². The van der Waals surface area contributed by atoms with Crippen molar-refractivity contribution in [2.24, 2.45) is 5.92 Å². The first-order valence-electron chi connectivity index (χ1n) is 6.83. The van der Waals surface area contributed by atoms with E-state index < -0.39 is 0 Å². The number of rotatable bonds is 6. The molecule has 110 valence electrons. The number of carbonyl (C=O) groups is 1. The first-order valence-corrected chi connectivity index (χ1v) is 7.20. The second-order valence-electron chi connectivity index (χ2n) is 5.23. The van der Waals surface area contributed by atoms with E-state index in [0.717, 1.165) is 12.8 Å². The lowest BCUT2D eigenvalue weighted by Gasteiger charge is -2.29. The third-order valence-corrected chi connectivity index (χ3v) is 4.02. The van der Waals surface area contributed by atoms with Gasteiger partial charge in [0, 0.05) is 24.7 Å². The summed E-state index contributed by atoms with van der Waals surface area (Å²) in [6.45, 7) is 3.06. The van der Waals surface area contributed by atoms with Crippen molar-refractivity contribution in [1.82, 2.24) is 4.90 Å². The van der Waals surface area contributed by atoms with Crippen LogP contribution in [0.25, 0.3) is 0 Å². The topological polar surface area (TPSA) is 49.8 Å². The van der Waals surface area contributed by atoms with Crippen LogP contribution in [0.3, 0.4) is 0 Å². The number of phenols is 1. The molecule has 1 N–H and O–H groups in total. The number of carbonyl (C=O) groups excluding carboxylic acids is 1. The summed E-state index contributed by atoms with van der Waals surface area (Å²) in [5, 5.41) is 10.3. The molecule has 0 heterocycles. The Hall–Kier alpha value is -1.26. The Morgan fingerprint density at radius 3 is 2.80 bits per heavy atom. The fourth-order valence-corrected chi connectivity index (χ4v) is 2.52. The Balaban J connectivity index is 2.20. The number of benzene rings is 1. The van der Waals surface area contributed by atoms with Gasteiger partial charge in [0.15, 0.2) is 0 Å². The number of hydrogen-bond acceptors (Lipinski definition) is 3. The third-order valence-electron chi connectivity index (χ3n) is 3.78. The molecule has 0 saturated heterocycles. The highest BCUT2D eigenvalue weighted by atomic mass is 35.5. The fraction of sp³-hybridized carbons (Fsp3) is 0.533. The van der Waals surface area contributed by atoms with Crippen LogP contribution in [-0.4, -0.2) is 42.2 Å². The molecule has 1 aliphatic carbocycles. The molecule has 1 aromatic rings. The molecule has 1 fully saturated rings. The SMILES string of the molecule is COCCN(C(=O)c1ccc(Cl)cc1O)C(C)C1CC1. The summed E-state index contributed by atoms with van der Waals surface area (Å²) in [7, 11) is 1.62. The number of hydrogen-bond donors (Lipinski definition) is 1. The number of phenolic OH excluding ortho intramolecular Hbond substituents is 1. The first-order chi connectivity index (χ1) is 9.54. The van der Waals surface area contributed by atoms with Crippen molar-refractivity contribution in [3.8, 4) is 5.75 Å². The molecule has 4 nitrogen and oxygen atoms in total. The predicted octanol–water partition coefficient (Wildman–Crippen LogP) is 2.93. The predicted molar refractivity (Wildman–Crippen MR) is 78.2 cm³/mol. The molecule has 0 radical (unpaired) electrons. The maximum atomic E-state index is 12.6. The third kappa shape index (κ3) is 3.44. The van der Waals surface area contributed by atoms with Crippen molar-refractivity contribution < 1.29 is 14.6 Å². The summed E-state index contributed by atoms with van der Waals surface area (Å²) in [4.78, 5) is 14.4. The minimum atomic E-state index is -0.171. The van der Waals surface area contributed by atoms with Crippen LogP contribution >= 0.6 is 11.6 Å². The molecular weight excluding hydrogens is 278 g/mol. The second kappa shape index (κ2) is 6.46. The molecule has 0 spiro atoms. The van der Waals surface area contributed by atoms with Gasteiger partial charge >= 0.3 is 0 Å². The zero-order valence-corrected chi connectivity index (χ0v) is 12.6. The Morgan fingerprint density at radius 1 is 1.55 bits per heavy atom. The zero-order chi connectivity index (χ0) is 14.7. The number of ether oxygens (including phenoxy) is 1. The van der Waals surface area contributed by atoms with Gasteiger partial charge < -0.3 is 14.7 Å². The minimum absolute atomic E-state index is 0.0760. The Kier molecular flexibility index (Phi) is 4.89. The Bertz CT molecular complexity index is 488. The lowest BCUT2D eigenvalue weighted by Crippen LogP contribution is -2.42. The van der Waals surface area contributed by atoms with Crippen molar-refractivity contribution in [2.45, 2.75) is 25.8 Å². The average Bonchev–Trinajstić information content (AvgIpc) is 3.22. The van der Waals surface area contributed by atoms with Crippen molar-refractivity contribution in [2.75, 3.05) is 20.3 Å². The summed E-state index contributed by atoms with van der Waals surface area (Å²) in [6, 6.07) is 4.74. The van der Waals surface area contributed by atoms with Gasteiger partial charge in [0.05, 0.1) is 12.2 Å². The molecule has 0 bridgehead atoms. The quantitative estimate of drug-likeness (QED) is 0.878. The van der Waals surface area contributed by atoms with Crippen molar-refractivity contribution >= 4 is 17.5 Å². The van der Waals surface area contributed by atoms with Gasteiger partial charge in [-0.3, -0.25) is 4.79 Å². The van der Waals surface area contributed by atoms with E-state index in [9.17, 15) is 9.90 Å². The summed E-state index contributed by atoms with van der Waals surface area (Å²) in [5.74, 6) is 0.314. The maximum Gasteiger partial charge on any atom is 0.257 e. The number of methoxy groups -OCH3 is 1. The molecule has 1 unspecified atom stereocenters. The number of halogens is 1. The summed E-state index contributed by atoms with van der Waals surface area (Å²) in [6.07, 6.45) is 2.31. The van der Waals surface area contributed by atoms with E-state index in [2.05, 4.69) is 6.92 Å². The minimum Gasteiger partial charge on any atom is -0.507 e. The zero-order valence-electron chi connectivity index (χ0n) is 11.8. The molecule has 20 heavy (non-hydrogen) atoms. The Morgan fingerprint density at radius 2 is 2.25 bits per heavy atom. The average molecular weight is 298 g/mol. The molecular formula is C15H20ClNO3. The Labute approximate surface area is 124 Å². The molecule has 0 aliphatic heterocycles. The van der Waals surface area contributed by atoms with Crippen LogP contribution in [0.4, 0.5) is 0 Å². The lowest BCUT2D eigenvalue weighted by molar-refractivity contribution is 0.0592. The lowest BCUT2D eigenvalue weighted by atomic mass is 10.1. The molecule has 2 rings (SSSR count). The van der Waals surface area contributed by atoms with Crippen molar-refractivity contribution in [3.05, 3.63) is 28.8 Å². The van der Waals surface area contributed by atoms with E-state index in [1.807, 2.05) is 0 Å². The van der Waals surface area contributed by atoms with Crippen molar-refractivity contribution in [1.29, 1.82) is 0 Å². The van der Waals surface area contributed by atoms with E-state index in [0.29, 0.717) is 24.1 Å². The highest BCUT2D eigenvalue weighted by Crippen LogP contribution is 2.36. The van der Waals surface area contributed by atoms with Crippen LogP contribution in [-0.2, 0) is 4.74 Å². The number of amides is 1. The van der Waals surface area contributed by atoms with Crippen LogP contribution in [0.5, 0.6) is 5.75 Å².